The predicted octanol–water partition coefficient (Wildman–Crippen LogP) is 0.615. The van der Waals surface area contributed by atoms with Crippen molar-refractivity contribution < 1.29 is 26.4 Å². The quantitative estimate of drug-likeness (QED) is 0.814. The average Bonchev–Trinajstić information content (AvgIpc) is 2.61. The molecule has 0 atom stereocenters. The lowest BCUT2D eigenvalue weighted by atomic mass is 10.3. The number of benzene rings is 1. The van der Waals surface area contributed by atoms with Gasteiger partial charge in [-0.25, -0.2) is 21.6 Å². The van der Waals surface area contributed by atoms with Crippen molar-refractivity contribution in [3.05, 3.63) is 29.6 Å². The molecule has 0 radical (unpaired) electrons. The minimum atomic E-state index is -4.32. The molecule has 0 saturated carbocycles. The van der Waals surface area contributed by atoms with Gasteiger partial charge in [-0.15, -0.1) is 0 Å². The first-order valence-corrected chi connectivity index (χ1v) is 7.18. The summed E-state index contributed by atoms with van der Waals surface area (Å²) in [5.74, 6) is -5.38. The molecule has 9 heteroatoms. The summed E-state index contributed by atoms with van der Waals surface area (Å²) in [5, 5.41) is 2.46. The lowest BCUT2D eigenvalue weighted by molar-refractivity contribution is -0.120. The van der Waals surface area contributed by atoms with Crippen LogP contribution in [0.15, 0.2) is 17.0 Å². The van der Waals surface area contributed by atoms with E-state index in [1.165, 1.54) is 0 Å². The largest absolute Gasteiger partial charge is 0.355 e. The van der Waals surface area contributed by atoms with Crippen LogP contribution in [-0.2, 0) is 14.8 Å². The molecule has 1 amide bonds. The zero-order valence-corrected chi connectivity index (χ0v) is 11.0. The molecule has 0 aliphatic carbocycles. The summed E-state index contributed by atoms with van der Waals surface area (Å²) < 4.78 is 64.8. The maximum atomic E-state index is 13.6. The van der Waals surface area contributed by atoms with Crippen LogP contribution in [-0.4, -0.2) is 38.3 Å². The van der Waals surface area contributed by atoms with E-state index in [4.69, 9.17) is 0 Å². The van der Waals surface area contributed by atoms with E-state index in [9.17, 15) is 26.4 Å². The minimum absolute atomic E-state index is 0.0630. The van der Waals surface area contributed by atoms with Gasteiger partial charge in [-0.3, -0.25) is 4.79 Å². The van der Waals surface area contributed by atoms with Crippen molar-refractivity contribution >= 4 is 15.9 Å². The van der Waals surface area contributed by atoms with Gasteiger partial charge in [0.25, 0.3) is 0 Å². The van der Waals surface area contributed by atoms with Gasteiger partial charge in [0.2, 0.25) is 15.9 Å². The first-order valence-electron chi connectivity index (χ1n) is 5.74. The maximum absolute atomic E-state index is 13.6. The molecule has 1 saturated heterocycles. The number of sulfonamides is 1. The number of amides is 1. The molecular weight excluding hydrogens is 297 g/mol. The number of hydrogen-bond donors (Lipinski definition) is 1. The van der Waals surface area contributed by atoms with Crippen LogP contribution in [0.5, 0.6) is 0 Å². The van der Waals surface area contributed by atoms with Crippen LogP contribution in [0.25, 0.3) is 0 Å². The van der Waals surface area contributed by atoms with E-state index < -0.39 is 32.4 Å². The summed E-state index contributed by atoms with van der Waals surface area (Å²) >= 11 is 0. The molecule has 20 heavy (non-hydrogen) atoms. The van der Waals surface area contributed by atoms with Crippen LogP contribution in [0.1, 0.15) is 6.42 Å². The molecule has 110 valence electrons. The molecule has 5 nitrogen and oxygen atoms in total. The fourth-order valence-corrected chi connectivity index (χ4v) is 3.33. The fraction of sp³-hybridized carbons (Fsp3) is 0.364. The summed E-state index contributed by atoms with van der Waals surface area (Å²) in [6.07, 6.45) is -0.0788. The van der Waals surface area contributed by atoms with Crippen LogP contribution in [0.2, 0.25) is 0 Å². The molecule has 1 aliphatic heterocycles. The summed E-state index contributed by atoms with van der Waals surface area (Å²) in [4.78, 5) is 10.2. The van der Waals surface area contributed by atoms with Gasteiger partial charge in [0.15, 0.2) is 17.5 Å². The van der Waals surface area contributed by atoms with Gasteiger partial charge < -0.3 is 5.32 Å². The summed E-state index contributed by atoms with van der Waals surface area (Å²) in [5.41, 5.74) is 0. The van der Waals surface area contributed by atoms with Gasteiger partial charge in [0, 0.05) is 26.1 Å². The molecule has 0 spiro atoms. The van der Waals surface area contributed by atoms with Crippen molar-refractivity contribution in [2.45, 2.75) is 11.3 Å². The Labute approximate surface area is 113 Å². The highest BCUT2D eigenvalue weighted by molar-refractivity contribution is 7.89. The summed E-state index contributed by atoms with van der Waals surface area (Å²) in [6, 6.07) is 1.22. The van der Waals surface area contributed by atoms with Crippen LogP contribution in [0.3, 0.4) is 0 Å². The van der Waals surface area contributed by atoms with Crippen molar-refractivity contribution in [2.24, 2.45) is 0 Å². The molecule has 1 fully saturated rings. The van der Waals surface area contributed by atoms with E-state index in [2.05, 4.69) is 5.32 Å². The van der Waals surface area contributed by atoms with E-state index >= 15 is 0 Å². The summed E-state index contributed by atoms with van der Waals surface area (Å²) in [7, 11) is -4.32. The number of hydrogen-bond acceptors (Lipinski definition) is 3. The number of nitrogens with zero attached hydrogens (tertiary/aromatic N) is 1. The van der Waals surface area contributed by atoms with Crippen LogP contribution in [0.4, 0.5) is 13.2 Å². The normalized spacial score (nSPS) is 17.6. The molecule has 1 aliphatic rings. The van der Waals surface area contributed by atoms with Crippen molar-refractivity contribution in [1.82, 2.24) is 9.62 Å². The number of carbonyl (C=O) groups excluding carboxylic acids is 1. The first-order chi connectivity index (χ1) is 9.34. The van der Waals surface area contributed by atoms with Crippen LogP contribution < -0.4 is 5.32 Å². The monoisotopic (exact) mass is 308 g/mol. The lowest BCUT2D eigenvalue weighted by Crippen LogP contribution is -2.34. The highest BCUT2D eigenvalue weighted by Crippen LogP contribution is 2.23. The van der Waals surface area contributed by atoms with E-state index in [1.807, 2.05) is 0 Å². The highest BCUT2D eigenvalue weighted by atomic mass is 32.2. The number of nitrogens with one attached hydrogen (secondary N) is 1. The maximum Gasteiger partial charge on any atom is 0.246 e. The first kappa shape index (κ1) is 14.8. The van der Waals surface area contributed by atoms with Crippen molar-refractivity contribution in [2.75, 3.05) is 19.6 Å². The third kappa shape index (κ3) is 2.63. The zero-order valence-electron chi connectivity index (χ0n) is 10.2. The molecule has 2 rings (SSSR count). The van der Waals surface area contributed by atoms with Gasteiger partial charge in [0.05, 0.1) is 0 Å². The van der Waals surface area contributed by atoms with Crippen molar-refractivity contribution in [3.63, 3.8) is 0 Å². The number of halogens is 3. The second-order valence-corrected chi connectivity index (χ2v) is 6.08. The predicted molar refractivity (Wildman–Crippen MR) is 62.7 cm³/mol. The minimum Gasteiger partial charge on any atom is -0.355 e. The van der Waals surface area contributed by atoms with E-state index in [0.29, 0.717) is 12.1 Å². The van der Waals surface area contributed by atoms with Gasteiger partial charge in [0.1, 0.15) is 4.90 Å². The molecule has 1 N–H and O–H groups in total. The molecule has 0 unspecified atom stereocenters. The average molecular weight is 308 g/mol. The Morgan fingerprint density at radius 3 is 2.50 bits per heavy atom. The molecule has 0 bridgehead atoms. The Balaban J connectivity index is 2.40. The standard InChI is InChI=1S/C11H11F3N2O3S/c12-7-1-2-8(11(14)10(7)13)20(18,19)16-5-3-9(17)15-4-6-16/h1-2H,3-6H2,(H,15,17). The molecule has 1 heterocycles. The van der Waals surface area contributed by atoms with Crippen LogP contribution >= 0.6 is 0 Å². The Morgan fingerprint density at radius 2 is 1.80 bits per heavy atom. The smallest absolute Gasteiger partial charge is 0.246 e. The third-order valence-electron chi connectivity index (χ3n) is 2.89. The summed E-state index contributed by atoms with van der Waals surface area (Å²) in [6.45, 7) is -0.136. The second kappa shape index (κ2) is 5.41. The van der Waals surface area contributed by atoms with Crippen LogP contribution in [0, 0.1) is 17.5 Å². The zero-order chi connectivity index (χ0) is 14.9. The molecule has 0 aromatic heterocycles. The van der Waals surface area contributed by atoms with Crippen molar-refractivity contribution in [3.8, 4) is 0 Å². The van der Waals surface area contributed by atoms with Gasteiger partial charge in [-0.2, -0.15) is 4.31 Å². The van der Waals surface area contributed by atoms with E-state index in [-0.39, 0.29) is 32.0 Å². The van der Waals surface area contributed by atoms with Gasteiger partial charge in [-0.1, -0.05) is 0 Å². The SMILES string of the molecule is O=C1CCN(S(=O)(=O)c2ccc(F)c(F)c2F)CCN1. The molecule has 1 aromatic rings. The third-order valence-corrected chi connectivity index (χ3v) is 4.81. The number of carbonyl (C=O) groups is 1. The number of rotatable bonds is 2. The molecule has 1 aromatic carbocycles. The van der Waals surface area contributed by atoms with Crippen molar-refractivity contribution in [1.29, 1.82) is 0 Å². The lowest BCUT2D eigenvalue weighted by Gasteiger charge is -2.19. The highest BCUT2D eigenvalue weighted by Gasteiger charge is 2.31. The topological polar surface area (TPSA) is 66.5 Å². The Kier molecular flexibility index (Phi) is 4.00. The Bertz CT molecular complexity index is 649. The van der Waals surface area contributed by atoms with Gasteiger partial charge in [-0.05, 0) is 12.1 Å². The molecular formula is C11H11F3N2O3S. The Morgan fingerprint density at radius 1 is 1.10 bits per heavy atom. The second-order valence-electron chi connectivity index (χ2n) is 4.18. The van der Waals surface area contributed by atoms with E-state index in [1.54, 1.807) is 0 Å². The fourth-order valence-electron chi connectivity index (χ4n) is 1.83. The van der Waals surface area contributed by atoms with Gasteiger partial charge >= 0.3 is 0 Å². The Hall–Kier alpha value is -1.61. The van der Waals surface area contributed by atoms with E-state index in [0.717, 1.165) is 4.31 Å².